The zero-order valence-corrected chi connectivity index (χ0v) is 18.1. The molecule has 3 aliphatic heterocycles. The van der Waals surface area contributed by atoms with Gasteiger partial charge in [0.25, 0.3) is 0 Å². The van der Waals surface area contributed by atoms with Gasteiger partial charge in [0.2, 0.25) is 11.8 Å². The van der Waals surface area contributed by atoms with Crippen molar-refractivity contribution >= 4 is 41.0 Å². The van der Waals surface area contributed by atoms with E-state index in [1.807, 2.05) is 41.4 Å². The Hall–Kier alpha value is -3.12. The van der Waals surface area contributed by atoms with Crippen LogP contribution in [0.2, 0.25) is 5.02 Å². The van der Waals surface area contributed by atoms with Gasteiger partial charge in [0.15, 0.2) is 5.78 Å². The highest BCUT2D eigenvalue weighted by atomic mass is 35.5. The fraction of sp³-hybridized carbons (Fsp3) is 0.292. The van der Waals surface area contributed by atoms with Crippen molar-refractivity contribution in [3.63, 3.8) is 0 Å². The van der Waals surface area contributed by atoms with Crippen molar-refractivity contribution in [1.29, 1.82) is 0 Å². The molecule has 0 radical (unpaired) electrons. The van der Waals surface area contributed by atoms with E-state index in [4.69, 9.17) is 16.3 Å². The van der Waals surface area contributed by atoms with Gasteiger partial charge in [0.05, 0.1) is 36.7 Å². The van der Waals surface area contributed by atoms with E-state index in [0.717, 1.165) is 16.7 Å². The van der Waals surface area contributed by atoms with Gasteiger partial charge in [-0.1, -0.05) is 35.9 Å². The highest BCUT2D eigenvalue weighted by Gasteiger charge is 2.64. The van der Waals surface area contributed by atoms with E-state index >= 15 is 0 Å². The SMILES string of the molecule is COc1cc(Cl)c(C)cc1N1C(=O)C2C(C1=O)C1c3ccccc3C=CN1C2C(C)=O. The fourth-order valence-electron chi connectivity index (χ4n) is 5.25. The number of halogens is 1. The first-order chi connectivity index (χ1) is 14.8. The van der Waals surface area contributed by atoms with Gasteiger partial charge in [0, 0.05) is 17.3 Å². The van der Waals surface area contributed by atoms with Gasteiger partial charge < -0.3 is 9.64 Å². The summed E-state index contributed by atoms with van der Waals surface area (Å²) < 4.78 is 5.43. The predicted molar refractivity (Wildman–Crippen MR) is 117 cm³/mol. The summed E-state index contributed by atoms with van der Waals surface area (Å²) in [6.07, 6.45) is 3.77. The lowest BCUT2D eigenvalue weighted by Crippen LogP contribution is -2.43. The number of benzene rings is 2. The number of rotatable bonds is 3. The molecular formula is C24H21ClN2O4. The number of ketones is 1. The van der Waals surface area contributed by atoms with Crippen molar-refractivity contribution in [2.75, 3.05) is 12.0 Å². The van der Waals surface area contributed by atoms with Gasteiger partial charge in [-0.2, -0.15) is 0 Å². The summed E-state index contributed by atoms with van der Waals surface area (Å²) in [6, 6.07) is 10.0. The second-order valence-electron chi connectivity index (χ2n) is 8.23. The number of hydrogen-bond donors (Lipinski definition) is 0. The third-order valence-corrected chi connectivity index (χ3v) is 6.99. The van der Waals surface area contributed by atoms with E-state index in [1.54, 1.807) is 19.1 Å². The molecule has 3 heterocycles. The van der Waals surface area contributed by atoms with Crippen molar-refractivity contribution in [1.82, 2.24) is 4.90 Å². The van der Waals surface area contributed by atoms with E-state index in [9.17, 15) is 14.4 Å². The summed E-state index contributed by atoms with van der Waals surface area (Å²) in [5, 5.41) is 0.485. The molecule has 2 aromatic carbocycles. The van der Waals surface area contributed by atoms with Crippen LogP contribution < -0.4 is 9.64 Å². The van der Waals surface area contributed by atoms with Crippen LogP contribution in [0.4, 0.5) is 5.69 Å². The van der Waals surface area contributed by atoms with Crippen LogP contribution in [0.3, 0.4) is 0 Å². The fourth-order valence-corrected chi connectivity index (χ4v) is 5.40. The first kappa shape index (κ1) is 19.8. The Morgan fingerprint density at radius 1 is 1.10 bits per heavy atom. The number of carbonyl (C=O) groups excluding carboxylic acids is 3. The Morgan fingerprint density at radius 2 is 1.81 bits per heavy atom. The largest absolute Gasteiger partial charge is 0.495 e. The molecule has 0 aliphatic carbocycles. The minimum absolute atomic E-state index is 0.135. The van der Waals surface area contributed by atoms with Crippen molar-refractivity contribution in [3.05, 3.63) is 64.3 Å². The van der Waals surface area contributed by atoms with Crippen molar-refractivity contribution in [2.45, 2.75) is 25.9 Å². The molecule has 4 atom stereocenters. The molecule has 2 aromatic rings. The molecule has 6 nitrogen and oxygen atoms in total. The van der Waals surface area contributed by atoms with Crippen LogP contribution in [0.5, 0.6) is 5.75 Å². The Bertz CT molecular complexity index is 1170. The standard InChI is InChI=1S/C24H21ClN2O4/c1-12-10-17(18(31-3)11-16(12)25)27-23(29)19-20(24(27)30)22-15-7-5-4-6-14(15)8-9-26(22)21(19)13(2)28/h4-11,19-22H,1-3H3. The third-order valence-electron chi connectivity index (χ3n) is 6.58. The van der Waals surface area contributed by atoms with E-state index in [1.165, 1.54) is 18.9 Å². The second-order valence-corrected chi connectivity index (χ2v) is 8.64. The number of ether oxygens (including phenoxy) is 1. The zero-order valence-electron chi connectivity index (χ0n) is 17.3. The van der Waals surface area contributed by atoms with Crippen LogP contribution in [0, 0.1) is 18.8 Å². The first-order valence-corrected chi connectivity index (χ1v) is 10.5. The van der Waals surface area contributed by atoms with Gasteiger partial charge >= 0.3 is 0 Å². The molecule has 5 rings (SSSR count). The Kier molecular flexibility index (Phi) is 4.45. The van der Waals surface area contributed by atoms with Gasteiger partial charge in [-0.3, -0.25) is 14.4 Å². The number of methoxy groups -OCH3 is 1. The third kappa shape index (κ3) is 2.67. The smallest absolute Gasteiger partial charge is 0.240 e. The van der Waals surface area contributed by atoms with Crippen LogP contribution in [-0.4, -0.2) is 35.6 Å². The Balaban J connectivity index is 1.67. The first-order valence-electron chi connectivity index (χ1n) is 10.1. The van der Waals surface area contributed by atoms with Gasteiger partial charge in [-0.15, -0.1) is 0 Å². The molecule has 158 valence electrons. The van der Waals surface area contributed by atoms with E-state index in [0.29, 0.717) is 16.5 Å². The van der Waals surface area contributed by atoms with Crippen LogP contribution in [0.25, 0.3) is 6.08 Å². The molecule has 3 aliphatic rings. The van der Waals surface area contributed by atoms with E-state index < -0.39 is 17.9 Å². The van der Waals surface area contributed by atoms with Crippen molar-refractivity contribution in [2.24, 2.45) is 11.8 Å². The van der Waals surface area contributed by atoms with E-state index in [2.05, 4.69) is 0 Å². The molecule has 0 bridgehead atoms. The minimum atomic E-state index is -0.758. The number of imide groups is 1. The lowest BCUT2D eigenvalue weighted by Gasteiger charge is -2.35. The number of carbonyl (C=O) groups is 3. The normalized spacial score (nSPS) is 26.1. The maximum atomic E-state index is 13.7. The molecule has 2 saturated heterocycles. The molecule has 31 heavy (non-hydrogen) atoms. The molecule has 7 heteroatoms. The highest BCUT2D eigenvalue weighted by molar-refractivity contribution is 6.32. The Labute approximate surface area is 185 Å². The molecule has 4 unspecified atom stereocenters. The topological polar surface area (TPSA) is 66.9 Å². The summed E-state index contributed by atoms with van der Waals surface area (Å²) >= 11 is 6.22. The van der Waals surface area contributed by atoms with Crippen LogP contribution >= 0.6 is 11.6 Å². The van der Waals surface area contributed by atoms with Gasteiger partial charge in [-0.25, -0.2) is 4.90 Å². The maximum Gasteiger partial charge on any atom is 0.240 e. The average Bonchev–Trinajstić information content (AvgIpc) is 3.23. The number of aryl methyl sites for hydroxylation is 1. The lowest BCUT2D eigenvalue weighted by atomic mass is 9.84. The van der Waals surface area contributed by atoms with Crippen molar-refractivity contribution < 1.29 is 19.1 Å². The average molecular weight is 437 g/mol. The summed E-state index contributed by atoms with van der Waals surface area (Å²) in [7, 11) is 1.47. The lowest BCUT2D eigenvalue weighted by molar-refractivity contribution is -0.129. The summed E-state index contributed by atoms with van der Waals surface area (Å²) in [5.74, 6) is -1.91. The molecule has 0 aromatic heterocycles. The molecule has 0 spiro atoms. The Morgan fingerprint density at radius 3 is 2.52 bits per heavy atom. The van der Waals surface area contributed by atoms with Gasteiger partial charge in [-0.05, 0) is 42.7 Å². The predicted octanol–water partition coefficient (Wildman–Crippen LogP) is 3.76. The molecule has 0 saturated carbocycles. The summed E-state index contributed by atoms with van der Waals surface area (Å²) in [4.78, 5) is 43.1. The van der Waals surface area contributed by atoms with Crippen LogP contribution in [-0.2, 0) is 14.4 Å². The molecular weight excluding hydrogens is 416 g/mol. The van der Waals surface area contributed by atoms with Crippen LogP contribution in [0.1, 0.15) is 29.7 Å². The van der Waals surface area contributed by atoms with Gasteiger partial charge in [0.1, 0.15) is 5.75 Å². The highest BCUT2D eigenvalue weighted by Crippen LogP contribution is 2.54. The quantitative estimate of drug-likeness (QED) is 0.685. The molecule has 2 amide bonds. The van der Waals surface area contributed by atoms with Crippen LogP contribution in [0.15, 0.2) is 42.6 Å². The summed E-state index contributed by atoms with van der Waals surface area (Å²) in [5.41, 5.74) is 3.03. The maximum absolute atomic E-state index is 13.7. The number of amides is 2. The zero-order chi connectivity index (χ0) is 22.0. The molecule has 2 fully saturated rings. The number of anilines is 1. The number of Topliss-reactive ketones (excluding diaryl/α,β-unsaturated/α-hetero) is 1. The number of hydrogen-bond acceptors (Lipinski definition) is 5. The minimum Gasteiger partial charge on any atom is -0.495 e. The number of fused-ring (bicyclic) bond motifs is 5. The monoisotopic (exact) mass is 436 g/mol. The second kappa shape index (κ2) is 6.95. The van der Waals surface area contributed by atoms with Crippen molar-refractivity contribution in [3.8, 4) is 5.75 Å². The summed E-state index contributed by atoms with van der Waals surface area (Å²) in [6.45, 7) is 3.28. The van der Waals surface area contributed by atoms with E-state index in [-0.39, 0.29) is 23.6 Å². The molecule has 0 N–H and O–H groups in total. The number of nitrogens with zero attached hydrogens (tertiary/aromatic N) is 2.